The number of nitrogens with two attached hydrogens (primary N) is 1. The van der Waals surface area contributed by atoms with E-state index in [2.05, 4.69) is 67.1 Å². The van der Waals surface area contributed by atoms with Crippen molar-refractivity contribution < 1.29 is 29.0 Å². The van der Waals surface area contributed by atoms with Gasteiger partial charge in [0.15, 0.2) is 0 Å². The average Bonchev–Trinajstić information content (AvgIpc) is 3.22. The number of hydrogen-bond acceptors (Lipinski definition) is 8. The van der Waals surface area contributed by atoms with Crippen LogP contribution in [-0.2, 0) is 50.3 Å². The Labute approximate surface area is 344 Å². The lowest BCUT2D eigenvalue weighted by Crippen LogP contribution is -2.58. The molecule has 6 N–H and O–H groups in total. The quantitative estimate of drug-likeness (QED) is 0.0623. The summed E-state index contributed by atoms with van der Waals surface area (Å²) in [6.07, 6.45) is 11.5. The molecule has 3 amide bonds. The van der Waals surface area contributed by atoms with Crippen LogP contribution in [0.15, 0.2) is 60.7 Å². The van der Waals surface area contributed by atoms with E-state index in [0.29, 0.717) is 19.7 Å². The Kier molecular flexibility index (Phi) is 12.8. The van der Waals surface area contributed by atoms with Gasteiger partial charge in [-0.25, -0.2) is 4.79 Å². The van der Waals surface area contributed by atoms with Gasteiger partial charge in [0, 0.05) is 12.2 Å². The minimum atomic E-state index is -0.675. The molecule has 2 fully saturated rings. The Morgan fingerprint density at radius 3 is 2.38 bits per heavy atom. The van der Waals surface area contributed by atoms with Gasteiger partial charge in [-0.15, -0.1) is 0 Å². The molecule has 5 unspecified atom stereocenters. The second kappa shape index (κ2) is 17.8. The fourth-order valence-corrected chi connectivity index (χ4v) is 11.3. The van der Waals surface area contributed by atoms with Gasteiger partial charge >= 0.3 is 6.09 Å². The molecule has 10 nitrogen and oxygen atoms in total. The monoisotopic (exact) mass is 792 g/mol. The van der Waals surface area contributed by atoms with E-state index < -0.39 is 16.9 Å². The predicted octanol–water partition coefficient (Wildman–Crippen LogP) is 8.18. The van der Waals surface area contributed by atoms with Crippen LogP contribution in [0.1, 0.15) is 124 Å². The van der Waals surface area contributed by atoms with Gasteiger partial charge in [0.25, 0.3) is 0 Å². The van der Waals surface area contributed by atoms with Crippen LogP contribution in [0.25, 0.3) is 0 Å². The van der Waals surface area contributed by atoms with Gasteiger partial charge in [-0.2, -0.15) is 0 Å². The Balaban J connectivity index is 0.905. The van der Waals surface area contributed by atoms with E-state index in [1.54, 1.807) is 6.07 Å². The summed E-state index contributed by atoms with van der Waals surface area (Å²) in [6, 6.07) is 20.3. The lowest BCUT2D eigenvalue weighted by atomic mass is 9.49. The Morgan fingerprint density at radius 2 is 1.57 bits per heavy atom. The van der Waals surface area contributed by atoms with Crippen molar-refractivity contribution in [1.29, 1.82) is 0 Å². The molecule has 0 radical (unpaired) electrons. The van der Waals surface area contributed by atoms with Crippen LogP contribution in [0.5, 0.6) is 5.75 Å². The number of anilines is 1. The fraction of sp³-hybridized carbons (Fsp3) is 0.562. The normalized spacial score (nSPS) is 27.2. The highest BCUT2D eigenvalue weighted by atomic mass is 16.5. The van der Waals surface area contributed by atoms with Gasteiger partial charge in [0.05, 0.1) is 17.4 Å². The number of unbranched alkanes of at least 4 members (excludes halogenated alkanes) is 1. The van der Waals surface area contributed by atoms with Crippen molar-refractivity contribution in [1.82, 2.24) is 10.6 Å². The van der Waals surface area contributed by atoms with E-state index in [-0.39, 0.29) is 54.1 Å². The number of aromatic hydroxyl groups is 1. The van der Waals surface area contributed by atoms with Crippen LogP contribution in [-0.4, -0.2) is 49.4 Å². The second-order valence-electron chi connectivity index (χ2n) is 18.2. The van der Waals surface area contributed by atoms with Crippen molar-refractivity contribution in [2.75, 3.05) is 31.7 Å². The van der Waals surface area contributed by atoms with Gasteiger partial charge in [-0.3, -0.25) is 14.9 Å². The molecule has 10 heteroatoms. The first kappa shape index (κ1) is 41.7. The van der Waals surface area contributed by atoms with Gasteiger partial charge in [0.2, 0.25) is 11.8 Å². The standard InChI is InChI=1S/C48H64N4O6/c1-46-23-7-24-48(3,44(55)52-43(54)47(2)22-6-9-38-39-29-37(53)19-15-34(39)16-20-40(38)47)42(46)21-17-35-14-18-36(28-41(35)46)51-31-57-27-26-50-45(56)58-30-33-12-10-32(11-13-33)8-4-5-25-49/h10-15,18-19,28-29,38,40,42,51,53H,4-9,16-17,20-27,30-31,49H2,1-3H3,(H,50,56)(H,52,54,55)/t38?,40?,42?,46?,47?,48-/m0/s1. The number of ether oxygens (including phenoxy) is 2. The maximum Gasteiger partial charge on any atom is 0.407 e. The second-order valence-corrected chi connectivity index (χ2v) is 18.2. The molecule has 312 valence electrons. The summed E-state index contributed by atoms with van der Waals surface area (Å²) in [4.78, 5) is 41.1. The third kappa shape index (κ3) is 8.64. The van der Waals surface area contributed by atoms with Crippen LogP contribution in [0, 0.1) is 22.7 Å². The van der Waals surface area contributed by atoms with E-state index in [0.717, 1.165) is 94.7 Å². The number of amides is 3. The lowest BCUT2D eigenvalue weighted by Gasteiger charge is -2.55. The van der Waals surface area contributed by atoms with Crippen LogP contribution in [0.2, 0.25) is 0 Å². The van der Waals surface area contributed by atoms with Crippen LogP contribution < -0.4 is 21.7 Å². The summed E-state index contributed by atoms with van der Waals surface area (Å²) in [6.45, 7) is 8.33. The Bertz CT molecular complexity index is 1950. The number of nitrogens with one attached hydrogen (secondary N) is 3. The maximum atomic E-state index is 14.5. The summed E-state index contributed by atoms with van der Waals surface area (Å²) in [7, 11) is 0. The molecule has 58 heavy (non-hydrogen) atoms. The highest BCUT2D eigenvalue weighted by Gasteiger charge is 2.56. The Hall–Kier alpha value is -4.41. The molecular formula is C48H64N4O6. The molecule has 6 atom stereocenters. The number of rotatable bonds is 14. The maximum absolute atomic E-state index is 14.5. The number of imide groups is 1. The van der Waals surface area contributed by atoms with Crippen LogP contribution in [0.3, 0.4) is 0 Å². The van der Waals surface area contributed by atoms with Crippen molar-refractivity contribution in [2.45, 2.75) is 122 Å². The van der Waals surface area contributed by atoms with Gasteiger partial charge in [-0.05, 0) is 158 Å². The first-order valence-electron chi connectivity index (χ1n) is 21.8. The van der Waals surface area contributed by atoms with Crippen molar-refractivity contribution in [3.63, 3.8) is 0 Å². The SMILES string of the molecule is CC1(C(=O)NC(=O)[C@@]2(C)CCCC3(C)c4cc(NCOCCNC(=O)OCc5ccc(CCCCN)cc5)ccc4CCC32)CCCC2c3cc(O)ccc3CCC21. The average molecular weight is 793 g/mol. The number of phenols is 1. The number of fused-ring (bicyclic) bond motifs is 6. The molecule has 0 spiro atoms. The van der Waals surface area contributed by atoms with Crippen LogP contribution >= 0.6 is 0 Å². The number of carbonyl (C=O) groups is 3. The number of hydrogen-bond donors (Lipinski definition) is 5. The van der Waals surface area contributed by atoms with E-state index >= 15 is 0 Å². The number of carbonyl (C=O) groups excluding carboxylic acids is 3. The van der Waals surface area contributed by atoms with Gasteiger partial charge in [0.1, 0.15) is 19.1 Å². The van der Waals surface area contributed by atoms with E-state index in [1.165, 1.54) is 27.8 Å². The summed E-state index contributed by atoms with van der Waals surface area (Å²) in [5.41, 5.74) is 12.2. The molecule has 0 aliphatic heterocycles. The third-order valence-electron chi connectivity index (χ3n) is 14.6. The molecule has 0 bridgehead atoms. The number of alkyl carbamates (subject to hydrolysis) is 1. The molecule has 0 aromatic heterocycles. The minimum absolute atomic E-state index is 0.0913. The zero-order valence-corrected chi connectivity index (χ0v) is 34.8. The zero-order valence-electron chi connectivity index (χ0n) is 34.8. The summed E-state index contributed by atoms with van der Waals surface area (Å²) in [5, 5.41) is 19.5. The molecule has 4 aliphatic carbocycles. The molecule has 3 aromatic carbocycles. The fourth-order valence-electron chi connectivity index (χ4n) is 11.3. The van der Waals surface area contributed by atoms with Crippen molar-refractivity contribution in [3.05, 3.63) is 94.0 Å². The number of phenolic OH excluding ortho intramolecular Hbond substituents is 1. The molecule has 0 saturated heterocycles. The molecule has 3 aromatic rings. The van der Waals surface area contributed by atoms with E-state index in [4.69, 9.17) is 15.2 Å². The lowest BCUT2D eigenvalue weighted by molar-refractivity contribution is -0.149. The van der Waals surface area contributed by atoms with Crippen molar-refractivity contribution in [2.24, 2.45) is 28.4 Å². The molecule has 7 rings (SSSR count). The third-order valence-corrected chi connectivity index (χ3v) is 14.6. The Morgan fingerprint density at radius 1 is 0.828 bits per heavy atom. The molecule has 2 saturated carbocycles. The molecule has 0 heterocycles. The smallest absolute Gasteiger partial charge is 0.407 e. The molecular weight excluding hydrogens is 729 g/mol. The topological polar surface area (TPSA) is 152 Å². The largest absolute Gasteiger partial charge is 0.508 e. The van der Waals surface area contributed by atoms with Crippen molar-refractivity contribution in [3.8, 4) is 5.75 Å². The molecule has 4 aliphatic rings. The summed E-state index contributed by atoms with van der Waals surface area (Å²) in [5.74, 6) is 0.454. The highest BCUT2D eigenvalue weighted by Crippen LogP contribution is 2.58. The zero-order chi connectivity index (χ0) is 40.9. The van der Waals surface area contributed by atoms with Crippen LogP contribution in [0.4, 0.5) is 10.5 Å². The van der Waals surface area contributed by atoms with Gasteiger partial charge < -0.3 is 30.9 Å². The van der Waals surface area contributed by atoms with E-state index in [9.17, 15) is 19.5 Å². The summed E-state index contributed by atoms with van der Waals surface area (Å²) < 4.78 is 11.2. The first-order valence-corrected chi connectivity index (χ1v) is 21.8. The van der Waals surface area contributed by atoms with Gasteiger partial charge in [-0.1, -0.05) is 70.0 Å². The number of benzene rings is 3. The number of aryl methyl sites for hydroxylation is 3. The minimum Gasteiger partial charge on any atom is -0.508 e. The van der Waals surface area contributed by atoms with Crippen molar-refractivity contribution >= 4 is 23.6 Å². The summed E-state index contributed by atoms with van der Waals surface area (Å²) >= 11 is 0. The highest BCUT2D eigenvalue weighted by molar-refractivity contribution is 6.00. The van der Waals surface area contributed by atoms with E-state index in [1.807, 2.05) is 24.3 Å². The first-order chi connectivity index (χ1) is 27.9. The predicted molar refractivity (Wildman–Crippen MR) is 226 cm³/mol.